The van der Waals surface area contributed by atoms with Crippen LogP contribution in [0.2, 0.25) is 0 Å². The van der Waals surface area contributed by atoms with Crippen molar-refractivity contribution in [3.63, 3.8) is 0 Å². The van der Waals surface area contributed by atoms with Gasteiger partial charge in [-0.25, -0.2) is 10.3 Å². The van der Waals surface area contributed by atoms with E-state index in [4.69, 9.17) is 5.21 Å². The van der Waals surface area contributed by atoms with Crippen LogP contribution >= 0.6 is 0 Å². The lowest BCUT2D eigenvalue weighted by Gasteiger charge is -2.36. The quantitative estimate of drug-likeness (QED) is 0.203. The van der Waals surface area contributed by atoms with E-state index in [1.165, 1.54) is 0 Å². The van der Waals surface area contributed by atoms with E-state index in [9.17, 15) is 24.3 Å². The molecule has 3 amide bonds. The molecule has 3 rings (SSSR count). The molecule has 36 heavy (non-hydrogen) atoms. The number of hydroxylamine groups is 1. The zero-order chi connectivity index (χ0) is 25.9. The first kappa shape index (κ1) is 26.9. The highest BCUT2D eigenvalue weighted by molar-refractivity contribution is 5.91. The molecule has 0 saturated heterocycles. The molecule has 1 heterocycles. The summed E-state index contributed by atoms with van der Waals surface area (Å²) in [6.45, 7) is 0.292. The number of aliphatic carboxylic acids is 1. The second kappa shape index (κ2) is 13.4. The van der Waals surface area contributed by atoms with Crippen molar-refractivity contribution in [2.24, 2.45) is 0 Å². The number of fused-ring (bicyclic) bond motifs is 1. The summed E-state index contributed by atoms with van der Waals surface area (Å²) >= 11 is 0. The zero-order valence-corrected chi connectivity index (χ0v) is 20.2. The zero-order valence-electron chi connectivity index (χ0n) is 20.2. The maximum atomic E-state index is 13.3. The van der Waals surface area contributed by atoms with Gasteiger partial charge in [0, 0.05) is 32.2 Å². The van der Waals surface area contributed by atoms with Crippen molar-refractivity contribution in [1.82, 2.24) is 15.7 Å². The first-order valence-corrected chi connectivity index (χ1v) is 12.3. The number of rotatable bonds is 12. The lowest BCUT2D eigenvalue weighted by molar-refractivity contribution is -0.145. The Labute approximate surface area is 210 Å². The normalized spacial score (nSPS) is 15.5. The molecule has 9 nitrogen and oxygen atoms in total. The summed E-state index contributed by atoms with van der Waals surface area (Å²) < 4.78 is 0. The molecule has 192 valence electrons. The number of benzene rings is 2. The Morgan fingerprint density at radius 3 is 2.19 bits per heavy atom. The van der Waals surface area contributed by atoms with E-state index >= 15 is 0 Å². The maximum Gasteiger partial charge on any atom is 0.326 e. The van der Waals surface area contributed by atoms with Gasteiger partial charge in [-0.2, -0.15) is 0 Å². The molecule has 1 aliphatic heterocycles. The molecule has 9 heteroatoms. The molecule has 0 radical (unpaired) electrons. The van der Waals surface area contributed by atoms with Gasteiger partial charge in [-0.05, 0) is 29.5 Å². The minimum atomic E-state index is -1.13. The highest BCUT2D eigenvalue weighted by Gasteiger charge is 2.36. The van der Waals surface area contributed by atoms with Gasteiger partial charge in [-0.15, -0.1) is 0 Å². The summed E-state index contributed by atoms with van der Waals surface area (Å²) in [7, 11) is 0. The van der Waals surface area contributed by atoms with Crippen LogP contribution in [0.4, 0.5) is 0 Å². The average Bonchev–Trinajstić information content (AvgIpc) is 2.89. The topological polar surface area (TPSA) is 136 Å². The molecule has 0 saturated carbocycles. The van der Waals surface area contributed by atoms with Crippen molar-refractivity contribution >= 4 is 23.7 Å². The van der Waals surface area contributed by atoms with Gasteiger partial charge < -0.3 is 15.3 Å². The van der Waals surface area contributed by atoms with Gasteiger partial charge in [0.2, 0.25) is 17.7 Å². The van der Waals surface area contributed by atoms with Gasteiger partial charge in [0.1, 0.15) is 12.1 Å². The Morgan fingerprint density at radius 2 is 1.53 bits per heavy atom. The van der Waals surface area contributed by atoms with Gasteiger partial charge in [0.05, 0.1) is 0 Å². The number of nitrogens with zero attached hydrogens (tertiary/aromatic N) is 1. The van der Waals surface area contributed by atoms with E-state index < -0.39 is 29.9 Å². The Balaban J connectivity index is 1.65. The Morgan fingerprint density at radius 1 is 0.889 bits per heavy atom. The summed E-state index contributed by atoms with van der Waals surface area (Å²) in [4.78, 5) is 51.0. The first-order chi connectivity index (χ1) is 17.4. The summed E-state index contributed by atoms with van der Waals surface area (Å²) in [5, 5.41) is 20.9. The third-order valence-corrected chi connectivity index (χ3v) is 6.44. The van der Waals surface area contributed by atoms with Crippen LogP contribution in [0.25, 0.3) is 0 Å². The predicted molar refractivity (Wildman–Crippen MR) is 132 cm³/mol. The number of carbonyl (C=O) groups is 4. The summed E-state index contributed by atoms with van der Waals surface area (Å²) in [5.41, 5.74) is 4.34. The maximum absolute atomic E-state index is 13.3. The van der Waals surface area contributed by atoms with Gasteiger partial charge in [0.15, 0.2) is 0 Å². The average molecular weight is 496 g/mol. The Bertz CT molecular complexity index is 1060. The van der Waals surface area contributed by atoms with Gasteiger partial charge >= 0.3 is 5.97 Å². The van der Waals surface area contributed by atoms with Crippen LogP contribution in [-0.2, 0) is 38.6 Å². The number of hydrogen-bond donors (Lipinski definition) is 4. The monoisotopic (exact) mass is 495 g/mol. The van der Waals surface area contributed by atoms with Crippen molar-refractivity contribution in [3.8, 4) is 0 Å². The van der Waals surface area contributed by atoms with Crippen molar-refractivity contribution in [2.45, 2.75) is 70.0 Å². The highest BCUT2D eigenvalue weighted by atomic mass is 16.5. The molecule has 2 aromatic rings. The molecule has 0 spiro atoms. The van der Waals surface area contributed by atoms with Gasteiger partial charge in [-0.3, -0.25) is 19.6 Å². The van der Waals surface area contributed by atoms with Crippen LogP contribution in [0, 0.1) is 0 Å². The minimum absolute atomic E-state index is 0.146. The first-order valence-electron chi connectivity index (χ1n) is 12.3. The predicted octanol–water partition coefficient (Wildman–Crippen LogP) is 2.60. The molecule has 2 aromatic carbocycles. The number of hydrogen-bond acceptors (Lipinski definition) is 5. The van der Waals surface area contributed by atoms with Crippen LogP contribution < -0.4 is 10.8 Å². The van der Waals surface area contributed by atoms with E-state index in [1.54, 1.807) is 10.4 Å². The molecular formula is C27H33N3O6. The molecule has 0 fully saturated rings. The van der Waals surface area contributed by atoms with Crippen molar-refractivity contribution in [3.05, 3.63) is 71.3 Å². The van der Waals surface area contributed by atoms with Crippen LogP contribution in [-0.4, -0.2) is 51.0 Å². The molecule has 1 aliphatic rings. The molecule has 0 aliphatic carbocycles. The fraction of sp³-hybridized carbons (Fsp3) is 0.407. The van der Waals surface area contributed by atoms with E-state index in [0.29, 0.717) is 25.8 Å². The van der Waals surface area contributed by atoms with Crippen LogP contribution in [0.15, 0.2) is 54.6 Å². The van der Waals surface area contributed by atoms with Crippen molar-refractivity contribution in [1.29, 1.82) is 0 Å². The molecule has 0 aromatic heterocycles. The van der Waals surface area contributed by atoms with Gasteiger partial charge in [0.25, 0.3) is 0 Å². The number of amides is 3. The van der Waals surface area contributed by atoms with Crippen LogP contribution in [0.5, 0.6) is 0 Å². The van der Waals surface area contributed by atoms with Gasteiger partial charge in [-0.1, -0.05) is 67.4 Å². The summed E-state index contributed by atoms with van der Waals surface area (Å²) in [6.07, 6.45) is 3.65. The minimum Gasteiger partial charge on any atom is -0.480 e. The lowest BCUT2D eigenvalue weighted by Crippen LogP contribution is -2.55. The molecular weight excluding hydrogens is 462 g/mol. The highest BCUT2D eigenvalue weighted by Crippen LogP contribution is 2.25. The molecule has 4 N–H and O–H groups in total. The van der Waals surface area contributed by atoms with Crippen molar-refractivity contribution in [2.75, 3.05) is 0 Å². The van der Waals surface area contributed by atoms with E-state index in [1.807, 2.05) is 54.6 Å². The second-order valence-corrected chi connectivity index (χ2v) is 9.05. The summed E-state index contributed by atoms with van der Waals surface area (Å²) in [6, 6.07) is 14.8. The van der Waals surface area contributed by atoms with E-state index in [-0.39, 0.29) is 25.2 Å². The number of carbonyl (C=O) groups excluding carboxylic acids is 3. The van der Waals surface area contributed by atoms with Crippen molar-refractivity contribution < 1.29 is 29.5 Å². The molecule has 2 unspecified atom stereocenters. The fourth-order valence-corrected chi connectivity index (χ4v) is 4.45. The lowest BCUT2D eigenvalue weighted by atomic mass is 9.92. The smallest absolute Gasteiger partial charge is 0.326 e. The fourth-order valence-electron chi connectivity index (χ4n) is 4.45. The van der Waals surface area contributed by atoms with E-state index in [0.717, 1.165) is 29.5 Å². The van der Waals surface area contributed by atoms with Crippen LogP contribution in [0.3, 0.4) is 0 Å². The number of carboxylic acids is 1. The standard InChI is InChI=1S/C27H33N3O6/c31-24(29-36)14-6-1-2-7-15-25(32)30-18-21-13-9-8-12-20(21)17-23(30)26(33)28-22(27(34)35)16-19-10-4-3-5-11-19/h3-5,8-13,22-23,36H,1-2,6-7,14-18H2,(H,28,33)(H,29,31)(H,34,35). The Hall–Kier alpha value is -3.72. The SMILES string of the molecule is O=C(CCCCCCC(=O)N1Cc2ccccc2CC1C(=O)NC(Cc1ccccc1)C(=O)O)NO. The third-order valence-electron chi connectivity index (χ3n) is 6.44. The van der Waals surface area contributed by atoms with E-state index in [2.05, 4.69) is 5.32 Å². The largest absolute Gasteiger partial charge is 0.480 e. The number of unbranched alkanes of at least 4 members (excludes halogenated alkanes) is 3. The van der Waals surface area contributed by atoms with Crippen LogP contribution in [0.1, 0.15) is 55.2 Å². The second-order valence-electron chi connectivity index (χ2n) is 9.05. The number of carboxylic acid groups (broad SMARTS) is 1. The molecule has 2 atom stereocenters. The third kappa shape index (κ3) is 7.64. The summed E-state index contributed by atoms with van der Waals surface area (Å²) in [5.74, 6) is -2.20. The number of nitrogens with one attached hydrogen (secondary N) is 2. The molecule has 0 bridgehead atoms. The Kier molecular flexibility index (Phi) is 10.00.